The summed E-state index contributed by atoms with van der Waals surface area (Å²) in [5.41, 5.74) is 16.1. The summed E-state index contributed by atoms with van der Waals surface area (Å²) in [4.78, 5) is 4.99. The number of benzene rings is 6. The molecule has 8 rings (SSSR count). The van der Waals surface area contributed by atoms with Crippen LogP contribution >= 0.6 is 0 Å². The van der Waals surface area contributed by atoms with E-state index in [1.165, 1.54) is 99.3 Å². The normalized spacial score (nSPS) is 14.7. The van der Waals surface area contributed by atoms with Gasteiger partial charge in [0.15, 0.2) is 0 Å². The van der Waals surface area contributed by atoms with Crippen molar-refractivity contribution in [3.8, 4) is 67.5 Å². The minimum Gasteiger partial charge on any atom is -0.493 e. The summed E-state index contributed by atoms with van der Waals surface area (Å²) in [5.74, 6) is 6.37. The molecule has 0 spiro atoms. The highest BCUT2D eigenvalue weighted by molar-refractivity contribution is 5.82. The molecule has 0 fully saturated rings. The Morgan fingerprint density at radius 2 is 0.708 bits per heavy atom. The molecule has 7 aromatic rings. The van der Waals surface area contributed by atoms with Crippen molar-refractivity contribution in [1.82, 2.24) is 4.98 Å². The topological polar surface area (TPSA) is 49.8 Å². The van der Waals surface area contributed by atoms with Gasteiger partial charge in [0.05, 0.1) is 32.1 Å². The summed E-state index contributed by atoms with van der Waals surface area (Å²) < 4.78 is 25.4. The average molecular weight is 1190 g/mol. The maximum absolute atomic E-state index is 6.36. The third kappa shape index (κ3) is 21.4. The quantitative estimate of drug-likeness (QED) is 0.0388. The lowest BCUT2D eigenvalue weighted by Gasteiger charge is -2.18. The van der Waals surface area contributed by atoms with E-state index in [4.69, 9.17) is 23.9 Å². The van der Waals surface area contributed by atoms with Gasteiger partial charge in [-0.3, -0.25) is 4.98 Å². The number of rotatable bonds is 37. The molecule has 5 atom stereocenters. The van der Waals surface area contributed by atoms with E-state index >= 15 is 0 Å². The van der Waals surface area contributed by atoms with E-state index < -0.39 is 0 Å². The molecule has 0 radical (unpaired) electrons. The van der Waals surface area contributed by atoms with Crippen molar-refractivity contribution in [2.24, 2.45) is 29.6 Å². The van der Waals surface area contributed by atoms with Crippen LogP contribution in [-0.4, -0.2) is 31.4 Å². The van der Waals surface area contributed by atoms with E-state index in [1.807, 2.05) is 6.20 Å². The SMILES string of the molecule is CCCCC(CC)COc1ccc(-c2cc(/C=C/C3=CC(C)CC(c4cc(/C=C/c5cc(-c6ccc(OCC(CC)CCCC)cc6)cc(-c6ccc(OCC(CC)CCCC)cc6)c5)ccn4)=C3)cc(-c3ccc(OCC(CC)CCCC)cc3)c2)cc1. The van der Waals surface area contributed by atoms with E-state index in [-0.39, 0.29) is 0 Å². The molecule has 5 heteroatoms. The largest absolute Gasteiger partial charge is 0.493 e. The van der Waals surface area contributed by atoms with E-state index in [0.717, 1.165) is 137 Å². The number of allylic oxidation sites excluding steroid dienone is 5. The fourth-order valence-electron chi connectivity index (χ4n) is 12.0. The van der Waals surface area contributed by atoms with Crippen LogP contribution in [0.1, 0.15) is 194 Å². The van der Waals surface area contributed by atoms with Gasteiger partial charge in [0.25, 0.3) is 0 Å². The van der Waals surface area contributed by atoms with Crippen LogP contribution in [0.5, 0.6) is 23.0 Å². The molecule has 0 bridgehead atoms. The zero-order valence-electron chi connectivity index (χ0n) is 55.7. The van der Waals surface area contributed by atoms with Crippen LogP contribution in [0.4, 0.5) is 0 Å². The van der Waals surface area contributed by atoms with Crippen LogP contribution in [0.3, 0.4) is 0 Å². The van der Waals surface area contributed by atoms with Crippen LogP contribution in [-0.2, 0) is 0 Å². The fourth-order valence-corrected chi connectivity index (χ4v) is 12.0. The molecular formula is C84H105NO4. The van der Waals surface area contributed by atoms with Gasteiger partial charge >= 0.3 is 0 Å². The fraction of sp³-hybridized carbons (Fsp3) is 0.417. The van der Waals surface area contributed by atoms with Crippen molar-refractivity contribution in [3.05, 3.63) is 198 Å². The monoisotopic (exact) mass is 1190 g/mol. The first-order valence-electron chi connectivity index (χ1n) is 34.6. The molecule has 1 aromatic heterocycles. The van der Waals surface area contributed by atoms with E-state index in [9.17, 15) is 0 Å². The second-order valence-corrected chi connectivity index (χ2v) is 25.4. The average Bonchev–Trinajstić information content (AvgIpc) is 3.29. The summed E-state index contributed by atoms with van der Waals surface area (Å²) in [5, 5.41) is 0. The van der Waals surface area contributed by atoms with Crippen LogP contribution in [0.2, 0.25) is 0 Å². The van der Waals surface area contributed by atoms with Gasteiger partial charge in [-0.2, -0.15) is 0 Å². The van der Waals surface area contributed by atoms with Gasteiger partial charge in [-0.15, -0.1) is 0 Å². The summed E-state index contributed by atoms with van der Waals surface area (Å²) in [7, 11) is 0. The third-order valence-corrected chi connectivity index (χ3v) is 18.2. The van der Waals surface area contributed by atoms with Crippen LogP contribution in [0.15, 0.2) is 176 Å². The number of hydrogen-bond acceptors (Lipinski definition) is 5. The van der Waals surface area contributed by atoms with Gasteiger partial charge < -0.3 is 18.9 Å². The molecule has 1 aliphatic carbocycles. The second-order valence-electron chi connectivity index (χ2n) is 25.4. The number of unbranched alkanes of at least 4 members (excludes halogenated alkanes) is 4. The Balaban J connectivity index is 1.03. The molecule has 5 nitrogen and oxygen atoms in total. The van der Waals surface area contributed by atoms with E-state index in [2.05, 4.69) is 244 Å². The molecule has 0 aliphatic heterocycles. The standard InChI is InChI=1S/C84H105NO4/c1-10-18-22-63(14-5)58-86-80-38-30-71(31-39-80)75-50-69(51-76(56-75)72-32-40-81(41-33-72)87-59-64(15-6)23-19-11-2)27-26-67-46-47-85-84(55-67)79-49-62(9)48-68(54-79)28-29-70-52-77(73-34-42-82(43-35-73)88-60-65(16-7)24-20-12-3)57-78(53-70)74-36-44-83(45-37-74)89-61-66(17-8)25-21-13-4/h26-48,50-57,62-66H,10-25,49,58-61H2,1-9H3/b27-26+,29-28+. The Labute approximate surface area is 537 Å². The number of hydrogen-bond donors (Lipinski definition) is 0. The molecule has 89 heavy (non-hydrogen) atoms. The van der Waals surface area contributed by atoms with Crippen molar-refractivity contribution in [3.63, 3.8) is 0 Å². The highest BCUT2D eigenvalue weighted by Gasteiger charge is 2.17. The number of nitrogens with zero attached hydrogens (tertiary/aromatic N) is 1. The van der Waals surface area contributed by atoms with Gasteiger partial charge in [-0.1, -0.05) is 218 Å². The zero-order chi connectivity index (χ0) is 62.6. The van der Waals surface area contributed by atoms with Crippen molar-refractivity contribution in [2.75, 3.05) is 26.4 Å². The lowest BCUT2D eigenvalue weighted by molar-refractivity contribution is 0.233. The summed E-state index contributed by atoms with van der Waals surface area (Å²) in [6, 6.07) is 52.9. The molecule has 6 aromatic carbocycles. The van der Waals surface area contributed by atoms with Crippen molar-refractivity contribution in [1.29, 1.82) is 0 Å². The minimum atomic E-state index is 0.345. The smallest absolute Gasteiger partial charge is 0.119 e. The molecule has 0 amide bonds. The van der Waals surface area contributed by atoms with Crippen LogP contribution < -0.4 is 18.9 Å². The van der Waals surface area contributed by atoms with Gasteiger partial charge in [0.2, 0.25) is 0 Å². The van der Waals surface area contributed by atoms with Crippen molar-refractivity contribution >= 4 is 23.8 Å². The lowest BCUT2D eigenvalue weighted by atomic mass is 9.89. The molecule has 1 heterocycles. The molecular weight excluding hydrogens is 1090 g/mol. The van der Waals surface area contributed by atoms with E-state index in [0.29, 0.717) is 29.6 Å². The van der Waals surface area contributed by atoms with Gasteiger partial charge in [0, 0.05) is 6.20 Å². The Bertz CT molecular complexity index is 3160. The van der Waals surface area contributed by atoms with Gasteiger partial charge in [0.1, 0.15) is 23.0 Å². The Morgan fingerprint density at radius 3 is 1.03 bits per heavy atom. The maximum Gasteiger partial charge on any atom is 0.119 e. The Kier molecular flexibility index (Phi) is 27.6. The Hall–Kier alpha value is -7.37. The minimum absolute atomic E-state index is 0.345. The first-order valence-corrected chi connectivity index (χ1v) is 34.6. The van der Waals surface area contributed by atoms with E-state index in [1.54, 1.807) is 0 Å². The number of aromatic nitrogens is 1. The highest BCUT2D eigenvalue weighted by atomic mass is 16.5. The third-order valence-electron chi connectivity index (χ3n) is 18.2. The van der Waals surface area contributed by atoms with Crippen LogP contribution in [0, 0.1) is 29.6 Å². The molecule has 470 valence electrons. The van der Waals surface area contributed by atoms with Gasteiger partial charge in [-0.25, -0.2) is 0 Å². The first kappa shape index (κ1) is 67.6. The predicted molar refractivity (Wildman–Crippen MR) is 382 cm³/mol. The predicted octanol–water partition coefficient (Wildman–Crippen LogP) is 24.4. The number of ether oxygens (including phenoxy) is 4. The molecule has 0 saturated heterocycles. The second kappa shape index (κ2) is 36.3. The summed E-state index contributed by atoms with van der Waals surface area (Å²) in [6.45, 7) is 23.5. The molecule has 1 aliphatic rings. The molecule has 0 saturated carbocycles. The summed E-state index contributed by atoms with van der Waals surface area (Å²) >= 11 is 0. The highest BCUT2D eigenvalue weighted by Crippen LogP contribution is 2.36. The lowest BCUT2D eigenvalue weighted by Crippen LogP contribution is -2.11. The maximum atomic E-state index is 6.36. The number of pyridine rings is 1. The first-order chi connectivity index (χ1) is 43.6. The van der Waals surface area contributed by atoms with Crippen LogP contribution in [0.25, 0.3) is 68.3 Å². The molecule has 5 unspecified atom stereocenters. The zero-order valence-corrected chi connectivity index (χ0v) is 55.7. The van der Waals surface area contributed by atoms with Gasteiger partial charge in [-0.05, 0) is 237 Å². The summed E-state index contributed by atoms with van der Waals surface area (Å²) in [6.07, 6.45) is 35.9. The van der Waals surface area contributed by atoms with Crippen molar-refractivity contribution < 1.29 is 18.9 Å². The van der Waals surface area contributed by atoms with Crippen molar-refractivity contribution in [2.45, 2.75) is 171 Å². The Morgan fingerprint density at radius 1 is 0.382 bits per heavy atom. The molecule has 0 N–H and O–H groups in total.